The van der Waals surface area contributed by atoms with Crippen LogP contribution in [0, 0.1) is 0 Å². The van der Waals surface area contributed by atoms with E-state index in [1.54, 1.807) is 36.4 Å². The van der Waals surface area contributed by atoms with Crippen LogP contribution in [-0.2, 0) is 33.3 Å². The Kier molecular flexibility index (Phi) is 12.9. The standard InChI is InChI=1S/C32H34O10/c1-20(2)28(33)38-13-7-15-40-31(36)25-17-24(23-9-11-27(12-10-23)42-30(35)22(5)6)18-26(19-25)32(37)41-16-8-14-39-29(34)21(3)4/h9-12,17-19H,1,3,5,7-8,13-16H2,2,4,6H3. The average molecular weight is 579 g/mol. The van der Waals surface area contributed by atoms with E-state index in [-0.39, 0.29) is 67.1 Å². The Labute approximate surface area is 244 Å². The molecular weight excluding hydrogens is 544 g/mol. The minimum Gasteiger partial charge on any atom is -0.462 e. The second-order valence-corrected chi connectivity index (χ2v) is 9.30. The second kappa shape index (κ2) is 16.3. The van der Waals surface area contributed by atoms with Gasteiger partial charge in [0.15, 0.2) is 0 Å². The van der Waals surface area contributed by atoms with Gasteiger partial charge in [-0.1, -0.05) is 31.9 Å². The Hall–Kier alpha value is -4.99. The first-order valence-corrected chi connectivity index (χ1v) is 13.0. The predicted octanol–water partition coefficient (Wildman–Crippen LogP) is 5.17. The van der Waals surface area contributed by atoms with Crippen molar-refractivity contribution in [3.05, 3.63) is 90.0 Å². The third-order valence-electron chi connectivity index (χ3n) is 5.36. The van der Waals surface area contributed by atoms with Crippen molar-refractivity contribution < 1.29 is 47.7 Å². The van der Waals surface area contributed by atoms with E-state index in [1.165, 1.54) is 26.8 Å². The number of ether oxygens (including phenoxy) is 5. The summed E-state index contributed by atoms with van der Waals surface area (Å²) in [5, 5.41) is 0. The molecule has 10 heteroatoms. The van der Waals surface area contributed by atoms with Gasteiger partial charge in [0.25, 0.3) is 0 Å². The lowest BCUT2D eigenvalue weighted by Gasteiger charge is -2.12. The molecule has 2 aromatic carbocycles. The van der Waals surface area contributed by atoms with E-state index in [0.29, 0.717) is 16.9 Å². The van der Waals surface area contributed by atoms with E-state index in [4.69, 9.17) is 23.7 Å². The minimum absolute atomic E-state index is 0.0298. The lowest BCUT2D eigenvalue weighted by molar-refractivity contribution is -0.140. The van der Waals surface area contributed by atoms with E-state index < -0.39 is 29.8 Å². The fourth-order valence-corrected chi connectivity index (χ4v) is 3.13. The molecule has 0 aromatic heterocycles. The quantitative estimate of drug-likeness (QED) is 0.0917. The normalized spacial score (nSPS) is 10.2. The van der Waals surface area contributed by atoms with Crippen LogP contribution in [0.15, 0.2) is 78.9 Å². The first kappa shape index (κ1) is 33.2. The fourth-order valence-electron chi connectivity index (χ4n) is 3.13. The zero-order valence-electron chi connectivity index (χ0n) is 24.0. The van der Waals surface area contributed by atoms with Crippen LogP contribution in [0.1, 0.15) is 54.3 Å². The van der Waals surface area contributed by atoms with Crippen LogP contribution in [0.25, 0.3) is 11.1 Å². The molecule has 0 N–H and O–H groups in total. The van der Waals surface area contributed by atoms with E-state index in [9.17, 15) is 24.0 Å². The van der Waals surface area contributed by atoms with Crippen LogP contribution >= 0.6 is 0 Å². The molecule has 10 nitrogen and oxygen atoms in total. The van der Waals surface area contributed by atoms with Gasteiger partial charge < -0.3 is 23.7 Å². The predicted molar refractivity (Wildman–Crippen MR) is 154 cm³/mol. The van der Waals surface area contributed by atoms with Crippen molar-refractivity contribution in [2.75, 3.05) is 26.4 Å². The van der Waals surface area contributed by atoms with Crippen LogP contribution in [0.5, 0.6) is 5.75 Å². The van der Waals surface area contributed by atoms with Crippen molar-refractivity contribution in [3.63, 3.8) is 0 Å². The van der Waals surface area contributed by atoms with Gasteiger partial charge in [-0.05, 0) is 62.2 Å². The number of carbonyl (C=O) groups excluding carboxylic acids is 5. The van der Waals surface area contributed by atoms with E-state index in [0.717, 1.165) is 0 Å². The van der Waals surface area contributed by atoms with Crippen molar-refractivity contribution in [1.29, 1.82) is 0 Å². The van der Waals surface area contributed by atoms with Crippen LogP contribution in [-0.4, -0.2) is 56.3 Å². The molecule has 0 heterocycles. The molecule has 0 saturated carbocycles. The Bertz CT molecular complexity index is 1300. The molecule has 0 aliphatic carbocycles. The molecule has 222 valence electrons. The molecule has 0 aliphatic rings. The zero-order chi connectivity index (χ0) is 31.2. The zero-order valence-corrected chi connectivity index (χ0v) is 24.0. The molecule has 42 heavy (non-hydrogen) atoms. The van der Waals surface area contributed by atoms with Gasteiger partial charge >= 0.3 is 29.8 Å². The van der Waals surface area contributed by atoms with Gasteiger partial charge in [-0.3, -0.25) is 0 Å². The highest BCUT2D eigenvalue weighted by molar-refractivity contribution is 5.97. The lowest BCUT2D eigenvalue weighted by atomic mass is 9.99. The summed E-state index contributed by atoms with van der Waals surface area (Å²) in [6.45, 7) is 15.2. The molecular formula is C32H34O10. The smallest absolute Gasteiger partial charge is 0.338 e. The van der Waals surface area contributed by atoms with Crippen LogP contribution in [0.4, 0.5) is 0 Å². The van der Waals surface area contributed by atoms with E-state index >= 15 is 0 Å². The first-order chi connectivity index (χ1) is 19.9. The third kappa shape index (κ3) is 10.9. The van der Waals surface area contributed by atoms with Gasteiger partial charge in [0.2, 0.25) is 0 Å². The molecule has 0 aliphatic heterocycles. The van der Waals surface area contributed by atoms with Gasteiger partial charge in [0.05, 0.1) is 37.6 Å². The number of hydrogen-bond acceptors (Lipinski definition) is 10. The van der Waals surface area contributed by atoms with Gasteiger partial charge in [-0.2, -0.15) is 0 Å². The molecule has 2 rings (SSSR count). The van der Waals surface area contributed by atoms with Crippen molar-refractivity contribution in [2.24, 2.45) is 0 Å². The van der Waals surface area contributed by atoms with Crippen molar-refractivity contribution >= 4 is 29.8 Å². The van der Waals surface area contributed by atoms with Crippen LogP contribution < -0.4 is 4.74 Å². The van der Waals surface area contributed by atoms with Crippen LogP contribution in [0.3, 0.4) is 0 Å². The second-order valence-electron chi connectivity index (χ2n) is 9.30. The van der Waals surface area contributed by atoms with Gasteiger partial charge in [0, 0.05) is 29.6 Å². The summed E-state index contributed by atoms with van der Waals surface area (Å²) >= 11 is 0. The minimum atomic E-state index is -0.698. The number of benzene rings is 2. The van der Waals surface area contributed by atoms with E-state index in [2.05, 4.69) is 19.7 Å². The number of hydrogen-bond donors (Lipinski definition) is 0. The summed E-state index contributed by atoms with van der Waals surface area (Å²) in [5.41, 5.74) is 2.07. The largest absolute Gasteiger partial charge is 0.462 e. The number of rotatable bonds is 15. The Morgan fingerprint density at radius 3 is 1.36 bits per heavy atom. The van der Waals surface area contributed by atoms with Crippen molar-refractivity contribution in [1.82, 2.24) is 0 Å². The maximum Gasteiger partial charge on any atom is 0.338 e. The van der Waals surface area contributed by atoms with Crippen molar-refractivity contribution in [3.8, 4) is 16.9 Å². The molecule has 0 radical (unpaired) electrons. The SMILES string of the molecule is C=C(C)C(=O)OCCCOC(=O)c1cc(C(=O)OCCCOC(=O)C(=C)C)cc(-c2ccc(OC(=O)C(=C)C)cc2)c1. The average Bonchev–Trinajstić information content (AvgIpc) is 2.96. The molecule has 0 amide bonds. The maximum absolute atomic E-state index is 12.8. The Morgan fingerprint density at radius 1 is 0.548 bits per heavy atom. The van der Waals surface area contributed by atoms with Gasteiger partial charge in [-0.15, -0.1) is 0 Å². The van der Waals surface area contributed by atoms with Crippen molar-refractivity contribution in [2.45, 2.75) is 33.6 Å². The van der Waals surface area contributed by atoms with E-state index in [1.807, 2.05) is 0 Å². The number of carbonyl (C=O) groups is 5. The molecule has 0 atom stereocenters. The molecule has 0 spiro atoms. The highest BCUT2D eigenvalue weighted by Gasteiger charge is 2.17. The summed E-state index contributed by atoms with van der Waals surface area (Å²) in [4.78, 5) is 60.5. The van der Waals surface area contributed by atoms with Gasteiger partial charge in [-0.25, -0.2) is 24.0 Å². The highest BCUT2D eigenvalue weighted by atomic mass is 16.6. The topological polar surface area (TPSA) is 132 Å². The van der Waals surface area contributed by atoms with Crippen LogP contribution in [0.2, 0.25) is 0 Å². The monoisotopic (exact) mass is 578 g/mol. The lowest BCUT2D eigenvalue weighted by Crippen LogP contribution is -2.13. The molecule has 0 bridgehead atoms. The Balaban J connectivity index is 2.17. The first-order valence-electron chi connectivity index (χ1n) is 13.0. The highest BCUT2D eigenvalue weighted by Crippen LogP contribution is 2.26. The molecule has 2 aromatic rings. The Morgan fingerprint density at radius 2 is 0.952 bits per heavy atom. The molecule has 0 saturated heterocycles. The maximum atomic E-state index is 12.8. The fraction of sp³-hybridized carbons (Fsp3) is 0.281. The number of esters is 5. The third-order valence-corrected chi connectivity index (χ3v) is 5.36. The molecule has 0 unspecified atom stereocenters. The summed E-state index contributed by atoms with van der Waals surface area (Å²) in [7, 11) is 0. The summed E-state index contributed by atoms with van der Waals surface area (Å²) in [5.74, 6) is -2.74. The summed E-state index contributed by atoms with van der Waals surface area (Å²) < 4.78 is 25.8. The van der Waals surface area contributed by atoms with Gasteiger partial charge in [0.1, 0.15) is 5.75 Å². The molecule has 0 fully saturated rings. The summed E-state index contributed by atoms with van der Waals surface area (Å²) in [6, 6.07) is 10.9. The summed E-state index contributed by atoms with van der Waals surface area (Å²) in [6.07, 6.45) is 0.527.